The highest BCUT2D eigenvalue weighted by atomic mass is 35.5. The van der Waals surface area contributed by atoms with Crippen LogP contribution in [0.15, 0.2) is 54.7 Å². The van der Waals surface area contributed by atoms with Crippen molar-refractivity contribution >= 4 is 40.1 Å². The molecule has 0 aliphatic carbocycles. The molecule has 3 aromatic rings. The maximum Gasteiger partial charge on any atom is 0.329 e. The number of anilines is 1. The third kappa shape index (κ3) is 3.41. The van der Waals surface area contributed by atoms with Crippen molar-refractivity contribution in [2.45, 2.75) is 13.3 Å². The van der Waals surface area contributed by atoms with Crippen LogP contribution in [0.2, 0.25) is 5.02 Å². The van der Waals surface area contributed by atoms with Gasteiger partial charge in [-0.25, -0.2) is 4.79 Å². The first-order valence-electron chi connectivity index (χ1n) is 7.37. The molecule has 1 heterocycles. The zero-order chi connectivity index (χ0) is 17.1. The summed E-state index contributed by atoms with van der Waals surface area (Å²) in [6.07, 6.45) is 1.79. The van der Waals surface area contributed by atoms with Gasteiger partial charge in [0, 0.05) is 18.5 Å². The van der Waals surface area contributed by atoms with Gasteiger partial charge in [0.15, 0.2) is 0 Å². The number of nitrogens with zero attached hydrogens (tertiary/aromatic N) is 1. The second-order valence-electron chi connectivity index (χ2n) is 5.28. The summed E-state index contributed by atoms with van der Waals surface area (Å²) < 4.78 is 1.38. The van der Waals surface area contributed by atoms with Crippen LogP contribution in [0.1, 0.15) is 12.5 Å². The van der Waals surface area contributed by atoms with Crippen molar-refractivity contribution in [3.8, 4) is 0 Å². The molecule has 5 nitrogen and oxygen atoms in total. The van der Waals surface area contributed by atoms with Gasteiger partial charge in [-0.1, -0.05) is 41.9 Å². The fraction of sp³-hybridized carbons (Fsp3) is 0.111. The summed E-state index contributed by atoms with van der Waals surface area (Å²) in [6.45, 7) is 1.33. The van der Waals surface area contributed by atoms with Gasteiger partial charge in [0.25, 0.3) is 0 Å². The van der Waals surface area contributed by atoms with Crippen LogP contribution in [0.4, 0.5) is 5.69 Å². The zero-order valence-electron chi connectivity index (χ0n) is 13.0. The van der Waals surface area contributed by atoms with Gasteiger partial charge in [0.2, 0.25) is 5.91 Å². The minimum absolute atomic E-state index is 0.139. The van der Waals surface area contributed by atoms with Gasteiger partial charge < -0.3 is 10.2 Å². The minimum Gasteiger partial charge on any atom is -0.337 e. The van der Waals surface area contributed by atoms with E-state index in [1.165, 1.54) is 11.7 Å². The van der Waals surface area contributed by atoms with Gasteiger partial charge in [-0.2, -0.15) is 4.73 Å². The number of amides is 1. The molecular weight excluding hydrogens is 328 g/mol. The zero-order valence-corrected chi connectivity index (χ0v) is 13.7. The summed E-state index contributed by atoms with van der Waals surface area (Å²) in [5.74, 6) is -0.628. The molecule has 0 aliphatic heterocycles. The Morgan fingerprint density at radius 2 is 1.83 bits per heavy atom. The van der Waals surface area contributed by atoms with E-state index in [1.807, 2.05) is 24.3 Å². The Morgan fingerprint density at radius 1 is 1.12 bits per heavy atom. The van der Waals surface area contributed by atoms with Crippen molar-refractivity contribution < 1.29 is 14.4 Å². The molecule has 0 radical (unpaired) electrons. The van der Waals surface area contributed by atoms with Crippen LogP contribution in [0.3, 0.4) is 0 Å². The maximum atomic E-state index is 12.3. The van der Waals surface area contributed by atoms with E-state index in [9.17, 15) is 9.59 Å². The van der Waals surface area contributed by atoms with E-state index in [1.54, 1.807) is 30.5 Å². The number of para-hydroxylation sites is 2. The molecule has 1 amide bonds. The first kappa shape index (κ1) is 16.1. The van der Waals surface area contributed by atoms with Gasteiger partial charge in [-0.3, -0.25) is 4.79 Å². The minimum atomic E-state index is -0.428. The Morgan fingerprint density at radius 3 is 2.58 bits per heavy atom. The van der Waals surface area contributed by atoms with Crippen LogP contribution in [0.25, 0.3) is 10.9 Å². The lowest BCUT2D eigenvalue weighted by Crippen LogP contribution is -2.16. The highest BCUT2D eigenvalue weighted by molar-refractivity contribution is 6.33. The van der Waals surface area contributed by atoms with E-state index in [0.29, 0.717) is 10.7 Å². The fourth-order valence-corrected chi connectivity index (χ4v) is 2.69. The number of aromatic nitrogens is 1. The standard InChI is InChI=1S/C18H15ClN2O3/c1-12(22)24-21-11-13(14-6-2-5-9-17(14)21)10-18(23)20-16-8-4-3-7-15(16)19/h2-9,11H,10H2,1H3,(H,20,23). The molecule has 0 spiro atoms. The number of carbonyl (C=O) groups is 2. The number of fused-ring (bicyclic) bond motifs is 1. The number of nitrogens with one attached hydrogen (secondary N) is 1. The van der Waals surface area contributed by atoms with Crippen LogP contribution >= 0.6 is 11.6 Å². The van der Waals surface area contributed by atoms with Crippen LogP contribution < -0.4 is 10.2 Å². The molecule has 24 heavy (non-hydrogen) atoms. The van der Waals surface area contributed by atoms with E-state index in [0.717, 1.165) is 16.5 Å². The van der Waals surface area contributed by atoms with E-state index >= 15 is 0 Å². The normalized spacial score (nSPS) is 10.6. The molecule has 0 atom stereocenters. The topological polar surface area (TPSA) is 60.3 Å². The SMILES string of the molecule is CC(=O)On1cc(CC(=O)Nc2ccccc2Cl)c2ccccc21. The van der Waals surface area contributed by atoms with E-state index < -0.39 is 5.97 Å². The third-order valence-corrected chi connectivity index (χ3v) is 3.82. The largest absolute Gasteiger partial charge is 0.337 e. The molecule has 6 heteroatoms. The molecule has 0 aliphatic rings. The number of rotatable bonds is 4. The van der Waals surface area contributed by atoms with Crippen LogP contribution in [-0.2, 0) is 16.0 Å². The average molecular weight is 343 g/mol. The van der Waals surface area contributed by atoms with Gasteiger partial charge >= 0.3 is 5.97 Å². The first-order valence-corrected chi connectivity index (χ1v) is 7.74. The van der Waals surface area contributed by atoms with Crippen molar-refractivity contribution in [3.63, 3.8) is 0 Å². The summed E-state index contributed by atoms with van der Waals surface area (Å²) in [4.78, 5) is 28.7. The van der Waals surface area contributed by atoms with Gasteiger partial charge in [-0.15, -0.1) is 0 Å². The summed E-state index contributed by atoms with van der Waals surface area (Å²) in [6, 6.07) is 14.5. The Labute approximate surface area is 143 Å². The van der Waals surface area contributed by atoms with Crippen LogP contribution in [0, 0.1) is 0 Å². The highest BCUT2D eigenvalue weighted by Gasteiger charge is 2.14. The van der Waals surface area contributed by atoms with Crippen molar-refractivity contribution in [3.05, 3.63) is 65.3 Å². The lowest BCUT2D eigenvalue weighted by molar-refractivity contribution is -0.140. The predicted molar refractivity (Wildman–Crippen MR) is 93.0 cm³/mol. The quantitative estimate of drug-likeness (QED) is 0.790. The molecule has 0 bridgehead atoms. The first-order chi connectivity index (χ1) is 11.5. The second-order valence-corrected chi connectivity index (χ2v) is 5.69. The van der Waals surface area contributed by atoms with E-state index in [2.05, 4.69) is 5.32 Å². The molecule has 2 aromatic carbocycles. The predicted octanol–water partition coefficient (Wildman–Crippen LogP) is 3.45. The van der Waals surface area contributed by atoms with Crippen LogP contribution in [0.5, 0.6) is 0 Å². The third-order valence-electron chi connectivity index (χ3n) is 3.49. The maximum absolute atomic E-state index is 12.3. The van der Waals surface area contributed by atoms with Crippen molar-refractivity contribution in [2.75, 3.05) is 5.32 Å². The van der Waals surface area contributed by atoms with Gasteiger partial charge in [0.05, 0.1) is 22.6 Å². The number of hydrogen-bond acceptors (Lipinski definition) is 3. The number of carbonyl (C=O) groups excluding carboxylic acids is 2. The summed E-state index contributed by atoms with van der Waals surface area (Å²) in [5.41, 5.74) is 2.05. The van der Waals surface area contributed by atoms with E-state index in [-0.39, 0.29) is 12.3 Å². The highest BCUT2D eigenvalue weighted by Crippen LogP contribution is 2.23. The summed E-state index contributed by atoms with van der Waals surface area (Å²) in [5, 5.41) is 4.12. The van der Waals surface area contributed by atoms with E-state index in [4.69, 9.17) is 16.4 Å². The number of halogens is 1. The van der Waals surface area contributed by atoms with Gasteiger partial charge in [-0.05, 0) is 23.8 Å². The van der Waals surface area contributed by atoms with Crippen molar-refractivity contribution in [2.24, 2.45) is 0 Å². The Balaban J connectivity index is 1.86. The molecule has 0 saturated carbocycles. The lowest BCUT2D eigenvalue weighted by atomic mass is 10.1. The average Bonchev–Trinajstić information content (AvgIpc) is 2.87. The molecule has 0 saturated heterocycles. The molecular formula is C18H15ClN2O3. The Hall–Kier alpha value is -2.79. The molecule has 1 N–H and O–H groups in total. The van der Waals surface area contributed by atoms with Gasteiger partial charge in [0.1, 0.15) is 0 Å². The Bertz CT molecular complexity index is 918. The molecule has 1 aromatic heterocycles. The van der Waals surface area contributed by atoms with Crippen molar-refractivity contribution in [1.82, 2.24) is 4.73 Å². The monoisotopic (exact) mass is 342 g/mol. The molecule has 0 fully saturated rings. The molecule has 122 valence electrons. The fourth-order valence-electron chi connectivity index (χ4n) is 2.50. The second kappa shape index (κ2) is 6.76. The summed E-state index contributed by atoms with van der Waals surface area (Å²) >= 11 is 6.05. The summed E-state index contributed by atoms with van der Waals surface area (Å²) in [7, 11) is 0. The lowest BCUT2D eigenvalue weighted by Gasteiger charge is -2.06. The van der Waals surface area contributed by atoms with Crippen molar-refractivity contribution in [1.29, 1.82) is 0 Å². The Kier molecular flexibility index (Phi) is 4.53. The number of benzene rings is 2. The van der Waals surface area contributed by atoms with Crippen LogP contribution in [-0.4, -0.2) is 16.6 Å². The molecule has 0 unspecified atom stereocenters. The molecule has 3 rings (SSSR count). The number of hydrogen-bond donors (Lipinski definition) is 1. The smallest absolute Gasteiger partial charge is 0.329 e.